The summed E-state index contributed by atoms with van der Waals surface area (Å²) in [6.07, 6.45) is 7.96. The zero-order chi connectivity index (χ0) is 32.9. The van der Waals surface area contributed by atoms with Gasteiger partial charge in [0.25, 0.3) is 5.91 Å². The number of nitrogens with one attached hydrogen (secondary N) is 1. The minimum Gasteiger partial charge on any atom is -0.489 e. The molecule has 9 nitrogen and oxygen atoms in total. The number of fused-ring (bicyclic) bond motifs is 1. The molecular weight excluding hydrogens is 614 g/mol. The maximum absolute atomic E-state index is 13.7. The summed E-state index contributed by atoms with van der Waals surface area (Å²) in [4.78, 5) is 16.2. The van der Waals surface area contributed by atoms with E-state index in [1.54, 1.807) is 17.0 Å². The number of carbonyl (C=O) groups is 1. The molecule has 0 radical (unpaired) electrons. The van der Waals surface area contributed by atoms with Crippen LogP contribution in [0, 0.1) is 6.92 Å². The van der Waals surface area contributed by atoms with Gasteiger partial charge in [0.1, 0.15) is 12.4 Å². The highest BCUT2D eigenvalue weighted by Crippen LogP contribution is 2.34. The molecule has 47 heavy (non-hydrogen) atoms. The molecule has 248 valence electrons. The van der Waals surface area contributed by atoms with Gasteiger partial charge in [0.2, 0.25) is 0 Å². The Hall–Kier alpha value is -3.89. The molecule has 4 aromatic rings. The van der Waals surface area contributed by atoms with E-state index >= 15 is 0 Å². The van der Waals surface area contributed by atoms with Gasteiger partial charge in [0.15, 0.2) is 6.29 Å². The zero-order valence-electron chi connectivity index (χ0n) is 27.6. The van der Waals surface area contributed by atoms with E-state index in [2.05, 4.69) is 44.7 Å². The number of halogens is 1. The summed E-state index contributed by atoms with van der Waals surface area (Å²) in [7, 11) is 3.87. The van der Waals surface area contributed by atoms with Crippen molar-refractivity contribution in [1.82, 2.24) is 19.2 Å². The number of hydrogen-bond donors (Lipinski definition) is 1. The van der Waals surface area contributed by atoms with Crippen LogP contribution in [0.3, 0.4) is 0 Å². The molecule has 1 saturated heterocycles. The van der Waals surface area contributed by atoms with E-state index in [1.165, 1.54) is 11.1 Å². The first-order valence-corrected chi connectivity index (χ1v) is 16.8. The van der Waals surface area contributed by atoms with Crippen molar-refractivity contribution in [3.63, 3.8) is 0 Å². The summed E-state index contributed by atoms with van der Waals surface area (Å²) in [5.41, 5.74) is 8.73. The molecule has 1 N–H and O–H groups in total. The molecule has 0 saturated carbocycles. The maximum Gasteiger partial charge on any atom is 0.257 e. The van der Waals surface area contributed by atoms with Crippen LogP contribution in [0.2, 0.25) is 5.02 Å². The highest BCUT2D eigenvalue weighted by molar-refractivity contribution is 6.30. The molecule has 1 atom stereocenters. The monoisotopic (exact) mass is 657 g/mol. The molecule has 0 spiro atoms. The van der Waals surface area contributed by atoms with Gasteiger partial charge in [0.05, 0.1) is 29.7 Å². The van der Waals surface area contributed by atoms with Gasteiger partial charge in [-0.1, -0.05) is 42.5 Å². The van der Waals surface area contributed by atoms with E-state index < -0.39 is 0 Å². The average Bonchev–Trinajstić information content (AvgIpc) is 3.58. The van der Waals surface area contributed by atoms with Crippen molar-refractivity contribution >= 4 is 23.2 Å². The number of aryl methyl sites for hydroxylation is 1. The molecule has 1 amide bonds. The Kier molecular flexibility index (Phi) is 10.5. The van der Waals surface area contributed by atoms with E-state index in [-0.39, 0.29) is 12.2 Å². The Morgan fingerprint density at radius 3 is 2.89 bits per heavy atom. The Bertz CT molecular complexity index is 1740. The van der Waals surface area contributed by atoms with Crippen LogP contribution in [0.1, 0.15) is 57.7 Å². The second kappa shape index (κ2) is 14.9. The van der Waals surface area contributed by atoms with Gasteiger partial charge in [-0.15, -0.1) is 0 Å². The molecule has 2 aliphatic heterocycles. The molecule has 1 unspecified atom stereocenters. The van der Waals surface area contributed by atoms with Crippen LogP contribution >= 0.6 is 11.6 Å². The molecular formula is C37H44ClN5O4. The Morgan fingerprint density at radius 1 is 1.21 bits per heavy atom. The number of carbonyl (C=O) groups excluding carboxylic acids is 1. The zero-order valence-corrected chi connectivity index (χ0v) is 28.3. The van der Waals surface area contributed by atoms with Crippen molar-refractivity contribution < 1.29 is 19.0 Å². The topological polar surface area (TPSA) is 82.8 Å². The predicted molar refractivity (Wildman–Crippen MR) is 185 cm³/mol. The summed E-state index contributed by atoms with van der Waals surface area (Å²) in [6.45, 7) is 9.97. The number of amides is 1. The normalized spacial score (nSPS) is 16.6. The second-order valence-electron chi connectivity index (χ2n) is 12.3. The van der Waals surface area contributed by atoms with E-state index in [4.69, 9.17) is 25.8 Å². The standard InChI is InChI=1S/C37H44ClN5O4/c1-5-17-45-35-10-8-9-26-23-43(16-14-29(26)35)24-27-12-13-28(38)20-31(27)34-21-30(25(2)41(34)3)37(44)40-32-22-39-42(4)33(32)15-19-47-36-11-6-7-18-46-36/h5,8-10,12-13,20-22,36H,1,6-7,11,14-19,23-24H2,2-4H3,(H,40,44). The van der Waals surface area contributed by atoms with Gasteiger partial charge < -0.3 is 24.1 Å². The first kappa shape index (κ1) is 33.0. The number of nitrogens with zero attached hydrogens (tertiary/aromatic N) is 4. The molecule has 6 rings (SSSR count). The largest absolute Gasteiger partial charge is 0.489 e. The Morgan fingerprint density at radius 2 is 2.09 bits per heavy atom. The first-order valence-electron chi connectivity index (χ1n) is 16.4. The molecule has 2 aromatic heterocycles. The lowest BCUT2D eigenvalue weighted by Gasteiger charge is -2.30. The smallest absolute Gasteiger partial charge is 0.257 e. The van der Waals surface area contributed by atoms with E-state index in [0.29, 0.717) is 35.9 Å². The van der Waals surface area contributed by atoms with Gasteiger partial charge in [-0.2, -0.15) is 5.10 Å². The van der Waals surface area contributed by atoms with Crippen LogP contribution in [-0.4, -0.2) is 57.8 Å². The highest BCUT2D eigenvalue weighted by Gasteiger charge is 2.24. The van der Waals surface area contributed by atoms with Gasteiger partial charge in [-0.3, -0.25) is 14.4 Å². The van der Waals surface area contributed by atoms with Crippen LogP contribution in [0.5, 0.6) is 5.75 Å². The number of benzene rings is 2. The number of anilines is 1. The molecule has 4 heterocycles. The fourth-order valence-electron chi connectivity index (χ4n) is 6.59. The van der Waals surface area contributed by atoms with Gasteiger partial charge in [-0.25, -0.2) is 0 Å². The highest BCUT2D eigenvalue weighted by atomic mass is 35.5. The lowest BCUT2D eigenvalue weighted by Crippen LogP contribution is -2.30. The molecule has 2 aliphatic rings. The summed E-state index contributed by atoms with van der Waals surface area (Å²) in [5.74, 6) is 0.765. The lowest BCUT2D eigenvalue weighted by atomic mass is 9.97. The Labute approximate surface area is 282 Å². The second-order valence-corrected chi connectivity index (χ2v) is 12.8. The number of aromatic nitrogens is 3. The predicted octanol–water partition coefficient (Wildman–Crippen LogP) is 6.85. The van der Waals surface area contributed by atoms with Crippen molar-refractivity contribution in [1.29, 1.82) is 0 Å². The summed E-state index contributed by atoms with van der Waals surface area (Å²) < 4.78 is 21.4. The fourth-order valence-corrected chi connectivity index (χ4v) is 6.76. The quantitative estimate of drug-likeness (QED) is 0.168. The van der Waals surface area contributed by atoms with Gasteiger partial charge in [-0.05, 0) is 73.6 Å². The van der Waals surface area contributed by atoms with Crippen LogP contribution in [0.4, 0.5) is 5.69 Å². The number of rotatable bonds is 12. The minimum absolute atomic E-state index is 0.155. The van der Waals surface area contributed by atoms with E-state index in [9.17, 15) is 4.79 Å². The number of ether oxygens (including phenoxy) is 3. The molecule has 0 bridgehead atoms. The average molecular weight is 658 g/mol. The molecule has 2 aromatic carbocycles. The van der Waals surface area contributed by atoms with Crippen molar-refractivity contribution in [2.75, 3.05) is 31.7 Å². The first-order chi connectivity index (χ1) is 22.8. The SMILES string of the molecule is C=CCOc1cccc2c1CCN(Cc1ccc(Cl)cc1-c1cc(C(=O)Nc3cnn(C)c3CCOC3CCCCO3)c(C)n1C)C2. The third kappa shape index (κ3) is 7.49. The Balaban J connectivity index is 1.18. The molecule has 10 heteroatoms. The van der Waals surface area contributed by atoms with E-state index in [0.717, 1.165) is 85.9 Å². The maximum atomic E-state index is 13.7. The van der Waals surface area contributed by atoms with Crippen LogP contribution < -0.4 is 10.1 Å². The molecule has 0 aliphatic carbocycles. The van der Waals surface area contributed by atoms with Gasteiger partial charge >= 0.3 is 0 Å². The van der Waals surface area contributed by atoms with Crippen LogP contribution in [0.25, 0.3) is 11.3 Å². The summed E-state index contributed by atoms with van der Waals surface area (Å²) in [6, 6.07) is 14.3. The lowest BCUT2D eigenvalue weighted by molar-refractivity contribution is -0.161. The summed E-state index contributed by atoms with van der Waals surface area (Å²) >= 11 is 6.56. The van der Waals surface area contributed by atoms with Crippen LogP contribution in [0.15, 0.2) is 61.3 Å². The van der Waals surface area contributed by atoms with E-state index in [1.807, 2.05) is 45.3 Å². The minimum atomic E-state index is -0.180. The van der Waals surface area contributed by atoms with Crippen molar-refractivity contribution in [2.45, 2.75) is 58.4 Å². The fraction of sp³-hybridized carbons (Fsp3) is 0.405. The molecule has 1 fully saturated rings. The van der Waals surface area contributed by atoms with Crippen molar-refractivity contribution in [2.24, 2.45) is 14.1 Å². The van der Waals surface area contributed by atoms with Gasteiger partial charge in [0, 0.05) is 68.7 Å². The van der Waals surface area contributed by atoms with Crippen molar-refractivity contribution in [3.8, 4) is 17.0 Å². The third-order valence-corrected chi connectivity index (χ3v) is 9.51. The van der Waals surface area contributed by atoms with Crippen LogP contribution in [-0.2, 0) is 49.5 Å². The van der Waals surface area contributed by atoms with Crippen molar-refractivity contribution in [3.05, 3.63) is 100.0 Å². The summed E-state index contributed by atoms with van der Waals surface area (Å²) in [5, 5.41) is 8.18. The number of hydrogen-bond acceptors (Lipinski definition) is 6. The third-order valence-electron chi connectivity index (χ3n) is 9.27.